The summed E-state index contributed by atoms with van der Waals surface area (Å²) in [6.07, 6.45) is 3.50. The second-order valence-corrected chi connectivity index (χ2v) is 5.90. The summed E-state index contributed by atoms with van der Waals surface area (Å²) in [7, 11) is 1.55. The maximum atomic E-state index is 12.2. The molecule has 1 heterocycles. The summed E-state index contributed by atoms with van der Waals surface area (Å²) in [4.78, 5) is 24.2. The normalized spacial score (nSPS) is 12.2. The van der Waals surface area contributed by atoms with Gasteiger partial charge in [0, 0.05) is 23.7 Å². The molecule has 0 spiro atoms. The number of para-hydroxylation sites is 1. The number of esters is 1. The Kier molecular flexibility index (Phi) is 6.54. The van der Waals surface area contributed by atoms with Crippen LogP contribution in [-0.2, 0) is 14.3 Å². The van der Waals surface area contributed by atoms with E-state index in [9.17, 15) is 9.59 Å². The van der Waals surface area contributed by atoms with E-state index < -0.39 is 18.0 Å². The average molecular weight is 357 g/mol. The van der Waals surface area contributed by atoms with Gasteiger partial charge in [0.2, 0.25) is 0 Å². The highest BCUT2D eigenvalue weighted by Gasteiger charge is 2.18. The van der Waals surface area contributed by atoms with Crippen LogP contribution in [0.25, 0.3) is 6.08 Å². The largest absolute Gasteiger partial charge is 0.496 e. The molecule has 2 rings (SSSR count). The third-order valence-electron chi connectivity index (χ3n) is 3.61. The van der Waals surface area contributed by atoms with Gasteiger partial charge in [-0.25, -0.2) is 9.48 Å². The molecule has 0 fully saturated rings. The summed E-state index contributed by atoms with van der Waals surface area (Å²) in [5.74, 6) is 0.157. The van der Waals surface area contributed by atoms with E-state index in [2.05, 4.69) is 10.4 Å². The number of hydrogen-bond donors (Lipinski definition) is 1. The first-order valence-corrected chi connectivity index (χ1v) is 8.28. The van der Waals surface area contributed by atoms with Crippen molar-refractivity contribution in [3.05, 3.63) is 48.2 Å². The maximum absolute atomic E-state index is 12.2. The number of benzene rings is 1. The number of methoxy groups -OCH3 is 1. The summed E-state index contributed by atoms with van der Waals surface area (Å²) < 4.78 is 12.0. The van der Waals surface area contributed by atoms with Crippen LogP contribution in [0.1, 0.15) is 32.4 Å². The molecule has 2 aromatic rings. The molecule has 0 aliphatic carbocycles. The SMILES string of the molecule is COc1ccccc1/C=C/C(=O)O[C@H](C)C(=O)Nc1ccnn1C(C)C. The average Bonchev–Trinajstić information content (AvgIpc) is 3.08. The smallest absolute Gasteiger partial charge is 0.331 e. The van der Waals surface area contributed by atoms with Crippen molar-refractivity contribution in [1.82, 2.24) is 9.78 Å². The van der Waals surface area contributed by atoms with Gasteiger partial charge in [-0.15, -0.1) is 0 Å². The number of nitrogens with one attached hydrogen (secondary N) is 1. The highest BCUT2D eigenvalue weighted by molar-refractivity contribution is 5.96. The van der Waals surface area contributed by atoms with E-state index >= 15 is 0 Å². The van der Waals surface area contributed by atoms with Gasteiger partial charge in [0.05, 0.1) is 13.3 Å². The molecule has 0 bridgehead atoms. The zero-order valence-electron chi connectivity index (χ0n) is 15.3. The topological polar surface area (TPSA) is 82.4 Å². The molecule has 0 saturated carbocycles. The van der Waals surface area contributed by atoms with Crippen molar-refractivity contribution < 1.29 is 19.1 Å². The molecule has 7 heteroatoms. The Morgan fingerprint density at radius 2 is 1.92 bits per heavy atom. The number of aromatic nitrogens is 2. The van der Waals surface area contributed by atoms with Gasteiger partial charge in [-0.05, 0) is 32.9 Å². The predicted octanol–water partition coefficient (Wildman–Crippen LogP) is 3.06. The first kappa shape index (κ1) is 19.2. The number of anilines is 1. The number of amides is 1. The third-order valence-corrected chi connectivity index (χ3v) is 3.61. The summed E-state index contributed by atoms with van der Waals surface area (Å²) >= 11 is 0. The van der Waals surface area contributed by atoms with Crippen LogP contribution in [0.5, 0.6) is 5.75 Å². The number of nitrogens with zero attached hydrogens (tertiary/aromatic N) is 2. The van der Waals surface area contributed by atoms with Gasteiger partial charge in [0.1, 0.15) is 11.6 Å². The quantitative estimate of drug-likeness (QED) is 0.608. The van der Waals surface area contributed by atoms with Crippen molar-refractivity contribution in [2.75, 3.05) is 12.4 Å². The molecule has 1 atom stereocenters. The van der Waals surface area contributed by atoms with Gasteiger partial charge in [0.25, 0.3) is 5.91 Å². The van der Waals surface area contributed by atoms with Crippen molar-refractivity contribution in [2.45, 2.75) is 32.9 Å². The molecule has 0 unspecified atom stereocenters. The van der Waals surface area contributed by atoms with E-state index in [1.165, 1.54) is 13.0 Å². The van der Waals surface area contributed by atoms with Gasteiger partial charge in [-0.1, -0.05) is 18.2 Å². The number of hydrogen-bond acceptors (Lipinski definition) is 5. The van der Waals surface area contributed by atoms with Crippen LogP contribution in [-0.4, -0.2) is 34.9 Å². The van der Waals surface area contributed by atoms with Gasteiger partial charge >= 0.3 is 5.97 Å². The molecule has 0 aliphatic rings. The second-order valence-electron chi connectivity index (χ2n) is 5.90. The molecular weight excluding hydrogens is 334 g/mol. The van der Waals surface area contributed by atoms with E-state index in [1.54, 1.807) is 36.2 Å². The minimum atomic E-state index is -0.944. The first-order chi connectivity index (χ1) is 12.4. The zero-order valence-corrected chi connectivity index (χ0v) is 15.3. The van der Waals surface area contributed by atoms with Crippen molar-refractivity contribution in [1.29, 1.82) is 0 Å². The fraction of sp³-hybridized carbons (Fsp3) is 0.316. The molecule has 0 radical (unpaired) electrons. The monoisotopic (exact) mass is 357 g/mol. The number of carbonyl (C=O) groups is 2. The van der Waals surface area contributed by atoms with Crippen LogP contribution in [0.4, 0.5) is 5.82 Å². The lowest BCUT2D eigenvalue weighted by Crippen LogP contribution is -2.30. The van der Waals surface area contributed by atoms with Crippen LogP contribution in [0.3, 0.4) is 0 Å². The highest BCUT2D eigenvalue weighted by Crippen LogP contribution is 2.18. The van der Waals surface area contributed by atoms with E-state index in [1.807, 2.05) is 32.0 Å². The van der Waals surface area contributed by atoms with Crippen LogP contribution in [0.2, 0.25) is 0 Å². The van der Waals surface area contributed by atoms with Crippen molar-refractivity contribution in [2.24, 2.45) is 0 Å². The molecule has 1 amide bonds. The number of ether oxygens (including phenoxy) is 2. The summed E-state index contributed by atoms with van der Waals surface area (Å²) in [6, 6.07) is 9.06. The number of rotatable bonds is 7. The summed E-state index contributed by atoms with van der Waals surface area (Å²) in [5, 5.41) is 6.85. The highest BCUT2D eigenvalue weighted by atomic mass is 16.5. The van der Waals surface area contributed by atoms with E-state index in [4.69, 9.17) is 9.47 Å². The second kappa shape index (κ2) is 8.84. The molecule has 0 aliphatic heterocycles. The van der Waals surface area contributed by atoms with Gasteiger partial charge in [0.15, 0.2) is 6.10 Å². The molecule has 1 aromatic heterocycles. The van der Waals surface area contributed by atoms with Crippen LogP contribution >= 0.6 is 0 Å². The van der Waals surface area contributed by atoms with E-state index in [0.29, 0.717) is 11.6 Å². The molecule has 0 saturated heterocycles. The summed E-state index contributed by atoms with van der Waals surface area (Å²) in [6.45, 7) is 5.42. The van der Waals surface area contributed by atoms with Crippen LogP contribution in [0.15, 0.2) is 42.6 Å². The lowest BCUT2D eigenvalue weighted by Gasteiger charge is -2.15. The molecule has 1 N–H and O–H groups in total. The Hall–Kier alpha value is -3.09. The Bertz CT molecular complexity index is 796. The van der Waals surface area contributed by atoms with E-state index in [0.717, 1.165) is 5.56 Å². The molecular formula is C19H23N3O4. The molecule has 1 aromatic carbocycles. The minimum absolute atomic E-state index is 0.0990. The van der Waals surface area contributed by atoms with Crippen molar-refractivity contribution in [3.63, 3.8) is 0 Å². The molecule has 7 nitrogen and oxygen atoms in total. The maximum Gasteiger partial charge on any atom is 0.331 e. The van der Waals surface area contributed by atoms with Crippen molar-refractivity contribution >= 4 is 23.8 Å². The van der Waals surface area contributed by atoms with Gasteiger partial charge in [-0.3, -0.25) is 4.79 Å². The molecule has 138 valence electrons. The third kappa shape index (κ3) is 4.95. The van der Waals surface area contributed by atoms with Crippen molar-refractivity contribution in [3.8, 4) is 5.75 Å². The molecule has 26 heavy (non-hydrogen) atoms. The Morgan fingerprint density at radius 3 is 2.62 bits per heavy atom. The first-order valence-electron chi connectivity index (χ1n) is 8.28. The Labute approximate surface area is 152 Å². The number of carbonyl (C=O) groups excluding carboxylic acids is 2. The lowest BCUT2D eigenvalue weighted by molar-refractivity contribution is -0.148. The lowest BCUT2D eigenvalue weighted by atomic mass is 10.2. The fourth-order valence-electron chi connectivity index (χ4n) is 2.28. The Balaban J connectivity index is 1.94. The van der Waals surface area contributed by atoms with Gasteiger partial charge in [-0.2, -0.15) is 5.10 Å². The minimum Gasteiger partial charge on any atom is -0.496 e. The summed E-state index contributed by atoms with van der Waals surface area (Å²) in [5.41, 5.74) is 0.741. The van der Waals surface area contributed by atoms with Gasteiger partial charge < -0.3 is 14.8 Å². The Morgan fingerprint density at radius 1 is 1.19 bits per heavy atom. The standard InChI is InChI=1S/C19H23N3O4/c1-13(2)22-17(11-12-20-22)21-19(24)14(3)26-18(23)10-9-15-7-5-6-8-16(15)25-4/h5-14H,1-4H3,(H,21,24)/b10-9+/t14-/m1/s1. The van der Waals surface area contributed by atoms with E-state index in [-0.39, 0.29) is 6.04 Å². The fourth-order valence-corrected chi connectivity index (χ4v) is 2.28. The van der Waals surface area contributed by atoms with Crippen LogP contribution < -0.4 is 10.1 Å². The predicted molar refractivity (Wildman–Crippen MR) is 98.8 cm³/mol. The van der Waals surface area contributed by atoms with Crippen LogP contribution in [0, 0.1) is 0 Å². The zero-order chi connectivity index (χ0) is 19.1.